The van der Waals surface area contributed by atoms with Gasteiger partial charge in [0.2, 0.25) is 10.0 Å². The zero-order valence-electron chi connectivity index (χ0n) is 10.6. The summed E-state index contributed by atoms with van der Waals surface area (Å²) in [7, 11) is -3.08. The van der Waals surface area contributed by atoms with E-state index in [1.165, 1.54) is 6.42 Å². The number of hydrogen-bond acceptors (Lipinski definition) is 3. The number of sulfonamides is 1. The highest BCUT2D eigenvalue weighted by molar-refractivity contribution is 7.89. The minimum atomic E-state index is -3.08. The summed E-state index contributed by atoms with van der Waals surface area (Å²) in [5.41, 5.74) is 0. The summed E-state index contributed by atoms with van der Waals surface area (Å²) in [4.78, 5) is 0. The van der Waals surface area contributed by atoms with Gasteiger partial charge < -0.3 is 5.32 Å². The molecule has 3 atom stereocenters. The summed E-state index contributed by atoms with van der Waals surface area (Å²) >= 11 is 0. The molecule has 1 aliphatic carbocycles. The second-order valence-electron chi connectivity index (χ2n) is 5.44. The summed E-state index contributed by atoms with van der Waals surface area (Å²) in [6.45, 7) is 3.11. The molecule has 2 N–H and O–H groups in total. The van der Waals surface area contributed by atoms with E-state index >= 15 is 0 Å². The van der Waals surface area contributed by atoms with Crippen molar-refractivity contribution >= 4 is 10.0 Å². The molecule has 4 nitrogen and oxygen atoms in total. The topological polar surface area (TPSA) is 58.2 Å². The van der Waals surface area contributed by atoms with Crippen LogP contribution in [0.4, 0.5) is 0 Å². The van der Waals surface area contributed by atoms with Gasteiger partial charge in [0.15, 0.2) is 0 Å². The van der Waals surface area contributed by atoms with E-state index in [9.17, 15) is 8.42 Å². The third-order valence-electron chi connectivity index (χ3n) is 3.75. The molecule has 100 valence electrons. The molecule has 0 spiro atoms. The molecule has 17 heavy (non-hydrogen) atoms. The first-order valence-electron chi connectivity index (χ1n) is 6.84. The molecule has 2 rings (SSSR count). The van der Waals surface area contributed by atoms with Gasteiger partial charge in [-0.2, -0.15) is 0 Å². The normalized spacial score (nSPS) is 33.6. The number of rotatable bonds is 6. The first kappa shape index (κ1) is 13.3. The maximum Gasteiger partial charge on any atom is 0.213 e. The van der Waals surface area contributed by atoms with Crippen molar-refractivity contribution in [3.63, 3.8) is 0 Å². The predicted octanol–water partition coefficient (Wildman–Crippen LogP) is 1.24. The number of hydrogen-bond donors (Lipinski definition) is 2. The molecule has 3 unspecified atom stereocenters. The van der Waals surface area contributed by atoms with Crippen LogP contribution in [0.15, 0.2) is 0 Å². The smallest absolute Gasteiger partial charge is 0.213 e. The van der Waals surface area contributed by atoms with Crippen molar-refractivity contribution in [2.75, 3.05) is 12.3 Å². The average Bonchev–Trinajstić information content (AvgIpc) is 2.96. The number of piperidine rings is 1. The van der Waals surface area contributed by atoms with E-state index in [0.717, 1.165) is 38.6 Å². The lowest BCUT2D eigenvalue weighted by Crippen LogP contribution is -2.43. The van der Waals surface area contributed by atoms with Gasteiger partial charge in [-0.3, -0.25) is 0 Å². The Kier molecular flexibility index (Phi) is 4.44. The molecular formula is C12H24N2O2S. The van der Waals surface area contributed by atoms with Gasteiger partial charge in [0.25, 0.3) is 0 Å². The largest absolute Gasteiger partial charge is 0.313 e. The standard InChI is InChI=1S/C12H24N2O2S/c1-2-5-10-8-12(10)14-17(15,16)9-11-6-3-4-7-13-11/h10-14H,2-9H2,1H3. The van der Waals surface area contributed by atoms with Crippen LogP contribution in [0, 0.1) is 5.92 Å². The highest BCUT2D eigenvalue weighted by atomic mass is 32.2. The van der Waals surface area contributed by atoms with Crippen molar-refractivity contribution < 1.29 is 8.42 Å². The first-order valence-corrected chi connectivity index (χ1v) is 8.49. The second-order valence-corrected chi connectivity index (χ2v) is 7.24. The Morgan fingerprint density at radius 2 is 2.18 bits per heavy atom. The van der Waals surface area contributed by atoms with Gasteiger partial charge in [-0.15, -0.1) is 0 Å². The Morgan fingerprint density at radius 3 is 2.82 bits per heavy atom. The van der Waals surface area contributed by atoms with Crippen molar-refractivity contribution in [3.8, 4) is 0 Å². The van der Waals surface area contributed by atoms with Crippen LogP contribution in [0.5, 0.6) is 0 Å². The maximum atomic E-state index is 11.9. The Balaban J connectivity index is 1.75. The van der Waals surface area contributed by atoms with Crippen LogP contribution in [-0.2, 0) is 10.0 Å². The molecule has 2 fully saturated rings. The van der Waals surface area contributed by atoms with Gasteiger partial charge in [-0.05, 0) is 38.1 Å². The summed E-state index contributed by atoms with van der Waals surface area (Å²) in [6.07, 6.45) is 6.64. The molecule has 5 heteroatoms. The predicted molar refractivity (Wildman–Crippen MR) is 69.4 cm³/mol. The van der Waals surface area contributed by atoms with E-state index in [1.54, 1.807) is 0 Å². The van der Waals surface area contributed by atoms with Gasteiger partial charge in [-0.1, -0.05) is 19.8 Å². The summed E-state index contributed by atoms with van der Waals surface area (Å²) in [6, 6.07) is 0.383. The molecule has 1 saturated heterocycles. The zero-order valence-corrected chi connectivity index (χ0v) is 11.4. The molecule has 0 aromatic carbocycles. The van der Waals surface area contributed by atoms with Gasteiger partial charge in [0.1, 0.15) is 0 Å². The molecule has 0 aromatic heterocycles. The lowest BCUT2D eigenvalue weighted by molar-refractivity contribution is 0.422. The van der Waals surface area contributed by atoms with E-state index in [-0.39, 0.29) is 17.8 Å². The van der Waals surface area contributed by atoms with Crippen LogP contribution in [-0.4, -0.2) is 32.8 Å². The minimum absolute atomic E-state index is 0.157. The van der Waals surface area contributed by atoms with Crippen LogP contribution in [0.3, 0.4) is 0 Å². The minimum Gasteiger partial charge on any atom is -0.313 e. The Hall–Kier alpha value is -0.130. The average molecular weight is 260 g/mol. The first-order chi connectivity index (χ1) is 8.11. The van der Waals surface area contributed by atoms with Crippen molar-refractivity contribution in [2.24, 2.45) is 5.92 Å². The van der Waals surface area contributed by atoms with E-state index in [1.807, 2.05) is 0 Å². The van der Waals surface area contributed by atoms with E-state index < -0.39 is 10.0 Å². The Labute approximate surface area is 105 Å². The van der Waals surface area contributed by atoms with E-state index in [0.29, 0.717) is 5.92 Å². The zero-order chi connectivity index (χ0) is 12.3. The molecule has 2 aliphatic rings. The molecule has 1 saturated carbocycles. The molecule has 0 radical (unpaired) electrons. The maximum absolute atomic E-state index is 11.9. The second kappa shape index (κ2) is 5.67. The summed E-state index contributed by atoms with van der Waals surface area (Å²) in [5.74, 6) is 0.844. The lowest BCUT2D eigenvalue weighted by atomic mass is 10.1. The van der Waals surface area contributed by atoms with Crippen LogP contribution in [0.2, 0.25) is 0 Å². The number of nitrogens with one attached hydrogen (secondary N) is 2. The summed E-state index contributed by atoms with van der Waals surface area (Å²) in [5, 5.41) is 3.29. The Morgan fingerprint density at radius 1 is 1.35 bits per heavy atom. The fourth-order valence-corrected chi connectivity index (χ4v) is 4.35. The summed E-state index contributed by atoms with van der Waals surface area (Å²) < 4.78 is 26.7. The van der Waals surface area contributed by atoms with Crippen LogP contribution < -0.4 is 10.0 Å². The van der Waals surface area contributed by atoms with Crippen LogP contribution in [0.25, 0.3) is 0 Å². The molecule has 1 aliphatic heterocycles. The SMILES string of the molecule is CCCC1CC1NS(=O)(=O)CC1CCCCN1. The third-order valence-corrected chi connectivity index (χ3v) is 5.25. The van der Waals surface area contributed by atoms with Crippen molar-refractivity contribution in [2.45, 2.75) is 57.5 Å². The van der Waals surface area contributed by atoms with Crippen LogP contribution in [0.1, 0.15) is 45.4 Å². The molecule has 0 aromatic rings. The fourth-order valence-electron chi connectivity index (χ4n) is 2.69. The molecule has 1 heterocycles. The van der Waals surface area contributed by atoms with E-state index in [2.05, 4.69) is 17.0 Å². The highest BCUT2D eigenvalue weighted by Gasteiger charge is 2.39. The van der Waals surface area contributed by atoms with Gasteiger partial charge in [0.05, 0.1) is 5.75 Å². The third kappa shape index (κ3) is 4.23. The van der Waals surface area contributed by atoms with Gasteiger partial charge in [0, 0.05) is 12.1 Å². The lowest BCUT2D eigenvalue weighted by Gasteiger charge is -2.23. The van der Waals surface area contributed by atoms with Crippen molar-refractivity contribution in [3.05, 3.63) is 0 Å². The molecule has 0 amide bonds. The molecule has 0 bridgehead atoms. The van der Waals surface area contributed by atoms with E-state index in [4.69, 9.17) is 0 Å². The Bertz CT molecular complexity index is 336. The quantitative estimate of drug-likeness (QED) is 0.755. The van der Waals surface area contributed by atoms with Gasteiger partial charge in [-0.25, -0.2) is 13.1 Å². The van der Waals surface area contributed by atoms with Crippen molar-refractivity contribution in [1.29, 1.82) is 0 Å². The fraction of sp³-hybridized carbons (Fsp3) is 1.00. The molecular weight excluding hydrogens is 236 g/mol. The van der Waals surface area contributed by atoms with Crippen LogP contribution >= 0.6 is 0 Å². The monoisotopic (exact) mass is 260 g/mol. The van der Waals surface area contributed by atoms with Crippen molar-refractivity contribution in [1.82, 2.24) is 10.0 Å². The van der Waals surface area contributed by atoms with Gasteiger partial charge >= 0.3 is 0 Å². The highest BCUT2D eigenvalue weighted by Crippen LogP contribution is 2.35.